The Bertz CT molecular complexity index is 686. The summed E-state index contributed by atoms with van der Waals surface area (Å²) >= 11 is 1.53. The molecule has 0 saturated heterocycles. The summed E-state index contributed by atoms with van der Waals surface area (Å²) in [6.07, 6.45) is 0. The second-order valence-corrected chi connectivity index (χ2v) is 6.45. The van der Waals surface area contributed by atoms with Gasteiger partial charge in [-0.1, -0.05) is 42.1 Å². The van der Waals surface area contributed by atoms with Crippen molar-refractivity contribution in [3.05, 3.63) is 60.2 Å². The Kier molecular flexibility index (Phi) is 5.82. The second kappa shape index (κ2) is 7.83. The molecule has 2 aromatic rings. The van der Waals surface area contributed by atoms with Crippen LogP contribution in [-0.4, -0.2) is 36.9 Å². The number of rotatable bonds is 5. The van der Waals surface area contributed by atoms with Crippen LogP contribution in [0.25, 0.3) is 0 Å². The molecule has 2 rings (SSSR count). The molecule has 23 heavy (non-hydrogen) atoms. The molecule has 0 fully saturated rings. The van der Waals surface area contributed by atoms with Gasteiger partial charge in [-0.3, -0.25) is 9.59 Å². The number of nitrogens with one attached hydrogen (secondary N) is 1. The first-order chi connectivity index (χ1) is 11.0. The fourth-order valence-corrected chi connectivity index (χ4v) is 3.05. The number of carbonyl (C=O) groups is 2. The molecule has 2 amide bonds. The fourth-order valence-electron chi connectivity index (χ4n) is 2.08. The summed E-state index contributed by atoms with van der Waals surface area (Å²) in [5.41, 5.74) is 0.569. The van der Waals surface area contributed by atoms with Gasteiger partial charge in [0.15, 0.2) is 0 Å². The van der Waals surface area contributed by atoms with Gasteiger partial charge in [-0.25, -0.2) is 0 Å². The first-order valence-electron chi connectivity index (χ1n) is 7.33. The first-order valence-corrected chi connectivity index (χ1v) is 8.14. The lowest BCUT2D eigenvalue weighted by molar-refractivity contribution is -0.130. The van der Waals surface area contributed by atoms with E-state index in [4.69, 9.17) is 0 Å². The van der Waals surface area contributed by atoms with E-state index in [-0.39, 0.29) is 11.8 Å². The molecule has 1 unspecified atom stereocenters. The summed E-state index contributed by atoms with van der Waals surface area (Å²) in [5, 5.41) is 2.76. The Labute approximate surface area is 140 Å². The molecule has 1 atom stereocenters. The third-order valence-corrected chi connectivity index (χ3v) is 4.35. The van der Waals surface area contributed by atoms with Crippen LogP contribution in [0, 0.1) is 0 Å². The van der Waals surface area contributed by atoms with Crippen LogP contribution in [0.4, 0.5) is 0 Å². The van der Waals surface area contributed by atoms with E-state index in [2.05, 4.69) is 5.32 Å². The Morgan fingerprint density at radius 2 is 1.61 bits per heavy atom. The van der Waals surface area contributed by atoms with E-state index in [0.717, 1.165) is 9.79 Å². The molecule has 0 spiro atoms. The van der Waals surface area contributed by atoms with Crippen molar-refractivity contribution in [2.45, 2.75) is 22.8 Å². The summed E-state index contributed by atoms with van der Waals surface area (Å²) < 4.78 is 0. The fraction of sp³-hybridized carbons (Fsp3) is 0.222. The van der Waals surface area contributed by atoms with Crippen LogP contribution in [0.3, 0.4) is 0 Å². The number of amides is 2. The number of hydrogen-bond acceptors (Lipinski definition) is 3. The number of carbonyl (C=O) groups excluding carboxylic acids is 2. The first kappa shape index (κ1) is 17.1. The van der Waals surface area contributed by atoms with Gasteiger partial charge in [-0.15, -0.1) is 0 Å². The highest BCUT2D eigenvalue weighted by atomic mass is 32.2. The SMILES string of the molecule is CC(NC(=O)c1ccccc1Sc1ccccc1)C(=O)N(C)C. The molecule has 0 heterocycles. The zero-order chi connectivity index (χ0) is 16.8. The highest BCUT2D eigenvalue weighted by Gasteiger charge is 2.19. The summed E-state index contributed by atoms with van der Waals surface area (Å²) in [7, 11) is 3.34. The minimum atomic E-state index is -0.563. The molecule has 4 nitrogen and oxygen atoms in total. The van der Waals surface area contributed by atoms with Crippen molar-refractivity contribution in [1.29, 1.82) is 0 Å². The standard InChI is InChI=1S/C18H20N2O2S/c1-13(18(22)20(2)3)19-17(21)15-11-7-8-12-16(15)23-14-9-5-4-6-10-14/h4-13H,1-3H3,(H,19,21). The Hall–Kier alpha value is -2.27. The second-order valence-electron chi connectivity index (χ2n) is 5.34. The van der Waals surface area contributed by atoms with Gasteiger partial charge < -0.3 is 10.2 Å². The smallest absolute Gasteiger partial charge is 0.253 e. The lowest BCUT2D eigenvalue weighted by atomic mass is 10.2. The highest BCUT2D eigenvalue weighted by Crippen LogP contribution is 2.30. The third kappa shape index (κ3) is 4.60. The summed E-state index contributed by atoms with van der Waals surface area (Å²) in [5.74, 6) is -0.377. The molecule has 1 N–H and O–H groups in total. The predicted octanol–water partition coefficient (Wildman–Crippen LogP) is 3.04. The Balaban J connectivity index is 2.16. The van der Waals surface area contributed by atoms with Crippen LogP contribution in [0.15, 0.2) is 64.4 Å². The number of hydrogen-bond donors (Lipinski definition) is 1. The number of benzene rings is 2. The van der Waals surface area contributed by atoms with Crippen LogP contribution in [-0.2, 0) is 4.79 Å². The molecule has 0 aliphatic heterocycles. The maximum atomic E-state index is 12.5. The van der Waals surface area contributed by atoms with Gasteiger partial charge in [0.05, 0.1) is 5.56 Å². The quantitative estimate of drug-likeness (QED) is 0.918. The lowest BCUT2D eigenvalue weighted by Crippen LogP contribution is -2.44. The van der Waals surface area contributed by atoms with Crippen LogP contribution < -0.4 is 5.32 Å². The molecule has 5 heteroatoms. The molecule has 120 valence electrons. The molecule has 2 aromatic carbocycles. The van der Waals surface area contributed by atoms with E-state index in [1.807, 2.05) is 48.5 Å². The van der Waals surface area contributed by atoms with Crippen LogP contribution in [0.2, 0.25) is 0 Å². The highest BCUT2D eigenvalue weighted by molar-refractivity contribution is 7.99. The molecule has 0 bridgehead atoms. The summed E-state index contributed by atoms with van der Waals surface area (Å²) in [4.78, 5) is 27.8. The maximum Gasteiger partial charge on any atom is 0.253 e. The van der Waals surface area contributed by atoms with Gasteiger partial charge in [0, 0.05) is 23.9 Å². The van der Waals surface area contributed by atoms with Gasteiger partial charge in [-0.05, 0) is 31.2 Å². The van der Waals surface area contributed by atoms with Crippen LogP contribution in [0.5, 0.6) is 0 Å². The summed E-state index contributed by atoms with van der Waals surface area (Å²) in [6, 6.07) is 16.7. The largest absolute Gasteiger partial charge is 0.347 e. The Morgan fingerprint density at radius 3 is 2.26 bits per heavy atom. The molecule has 0 aliphatic rings. The minimum Gasteiger partial charge on any atom is -0.347 e. The van der Waals surface area contributed by atoms with Crippen LogP contribution in [0.1, 0.15) is 17.3 Å². The van der Waals surface area contributed by atoms with Crippen molar-refractivity contribution in [3.8, 4) is 0 Å². The van der Waals surface area contributed by atoms with Gasteiger partial charge >= 0.3 is 0 Å². The van der Waals surface area contributed by atoms with E-state index in [0.29, 0.717) is 5.56 Å². The van der Waals surface area contributed by atoms with Crippen molar-refractivity contribution in [3.63, 3.8) is 0 Å². The number of nitrogens with zero attached hydrogens (tertiary/aromatic N) is 1. The van der Waals surface area contributed by atoms with Gasteiger partial charge in [0.25, 0.3) is 5.91 Å². The minimum absolute atomic E-state index is 0.133. The van der Waals surface area contributed by atoms with Gasteiger partial charge in [-0.2, -0.15) is 0 Å². The van der Waals surface area contributed by atoms with E-state index in [9.17, 15) is 9.59 Å². The summed E-state index contributed by atoms with van der Waals surface area (Å²) in [6.45, 7) is 1.69. The van der Waals surface area contributed by atoms with Gasteiger partial charge in [0.1, 0.15) is 6.04 Å². The third-order valence-electron chi connectivity index (χ3n) is 3.26. The zero-order valence-corrected chi connectivity index (χ0v) is 14.3. The molecular weight excluding hydrogens is 308 g/mol. The molecule has 0 saturated carbocycles. The van der Waals surface area contributed by atoms with Crippen molar-refractivity contribution >= 4 is 23.6 Å². The van der Waals surface area contributed by atoms with E-state index < -0.39 is 6.04 Å². The predicted molar refractivity (Wildman–Crippen MR) is 92.6 cm³/mol. The van der Waals surface area contributed by atoms with Crippen molar-refractivity contribution < 1.29 is 9.59 Å². The van der Waals surface area contributed by atoms with E-state index in [1.165, 1.54) is 16.7 Å². The van der Waals surface area contributed by atoms with Crippen LogP contribution >= 0.6 is 11.8 Å². The Morgan fingerprint density at radius 1 is 1.00 bits per heavy atom. The lowest BCUT2D eigenvalue weighted by Gasteiger charge is -2.18. The normalized spacial score (nSPS) is 11.6. The maximum absolute atomic E-state index is 12.5. The van der Waals surface area contributed by atoms with E-state index in [1.54, 1.807) is 27.1 Å². The molecule has 0 aromatic heterocycles. The average Bonchev–Trinajstić information content (AvgIpc) is 2.55. The van der Waals surface area contributed by atoms with Gasteiger partial charge in [0.2, 0.25) is 5.91 Å². The molecule has 0 radical (unpaired) electrons. The number of likely N-dealkylation sites (N-methyl/N-ethyl adjacent to an activating group) is 1. The molecule has 0 aliphatic carbocycles. The molecular formula is C18H20N2O2S. The van der Waals surface area contributed by atoms with Crippen molar-refractivity contribution in [2.75, 3.05) is 14.1 Å². The topological polar surface area (TPSA) is 49.4 Å². The van der Waals surface area contributed by atoms with Crippen molar-refractivity contribution in [1.82, 2.24) is 10.2 Å². The van der Waals surface area contributed by atoms with Crippen molar-refractivity contribution in [2.24, 2.45) is 0 Å². The zero-order valence-electron chi connectivity index (χ0n) is 13.4. The average molecular weight is 328 g/mol. The van der Waals surface area contributed by atoms with E-state index >= 15 is 0 Å². The monoisotopic (exact) mass is 328 g/mol.